The fraction of sp³-hybridized carbons (Fsp3) is 0.407. The molecule has 2 aromatic carbocycles. The molecule has 0 aliphatic carbocycles. The maximum atomic E-state index is 13.7. The number of likely N-dealkylation sites (N-methyl/N-ethyl adjacent to an activating group) is 1. The topological polar surface area (TPSA) is 159 Å². The number of aliphatic hydroxyl groups is 1. The number of anilines is 1. The third-order valence-corrected chi connectivity index (χ3v) is 10.6. The number of amides is 1. The number of carbonyl (C=O) groups excluding carboxylic acids is 1. The fourth-order valence-corrected chi connectivity index (χ4v) is 7.24. The van der Waals surface area contributed by atoms with Gasteiger partial charge < -0.3 is 19.3 Å². The lowest BCUT2D eigenvalue weighted by molar-refractivity contribution is 0.0389. The van der Waals surface area contributed by atoms with Crippen LogP contribution < -0.4 is 9.46 Å². The molecule has 1 aliphatic heterocycles. The number of halogens is 1. The van der Waals surface area contributed by atoms with E-state index >= 15 is 0 Å². The third-order valence-electron chi connectivity index (χ3n) is 7.13. The number of benzene rings is 2. The highest BCUT2D eigenvalue weighted by Gasteiger charge is 2.37. The third kappa shape index (κ3) is 6.14. The van der Waals surface area contributed by atoms with E-state index in [4.69, 9.17) is 9.26 Å². The van der Waals surface area contributed by atoms with Crippen LogP contribution in [0.15, 0.2) is 56.8 Å². The van der Waals surface area contributed by atoms with Crippen molar-refractivity contribution < 1.29 is 40.4 Å². The average Bonchev–Trinajstić information content (AvgIpc) is 3.28. The molecule has 0 unspecified atom stereocenters. The molecule has 0 fully saturated rings. The Morgan fingerprint density at radius 3 is 2.43 bits per heavy atom. The van der Waals surface area contributed by atoms with Crippen molar-refractivity contribution in [1.82, 2.24) is 14.4 Å². The van der Waals surface area contributed by atoms with E-state index < -0.39 is 49.8 Å². The van der Waals surface area contributed by atoms with Crippen LogP contribution >= 0.6 is 0 Å². The highest BCUT2D eigenvalue weighted by Crippen LogP contribution is 2.36. The Kier molecular flexibility index (Phi) is 8.97. The molecule has 42 heavy (non-hydrogen) atoms. The minimum atomic E-state index is -4.24. The normalized spacial score (nSPS) is 18.7. The van der Waals surface area contributed by atoms with Crippen molar-refractivity contribution in [3.05, 3.63) is 65.3 Å². The van der Waals surface area contributed by atoms with Crippen molar-refractivity contribution in [2.45, 2.75) is 49.6 Å². The predicted molar refractivity (Wildman–Crippen MR) is 151 cm³/mol. The second-order valence-corrected chi connectivity index (χ2v) is 14.0. The summed E-state index contributed by atoms with van der Waals surface area (Å²) >= 11 is 0. The molecule has 2 N–H and O–H groups in total. The molecular weight excluding hydrogens is 591 g/mol. The molecule has 15 heteroatoms. The molecular formula is C27H33FN4O8S2. The molecule has 4 rings (SSSR count). The largest absolute Gasteiger partial charge is 0.486 e. The van der Waals surface area contributed by atoms with Crippen LogP contribution in [0.3, 0.4) is 0 Å². The van der Waals surface area contributed by atoms with Crippen LogP contribution in [0.4, 0.5) is 10.1 Å². The SMILES string of the molecule is Cc1noc(C)c1S(=O)(=O)N(C)C[C@@H]1Oc2c(NS(=O)(=O)c3ccc(F)cc3)cccc2C(=O)N([C@H](C)CO)C[C@@H]1C. The zero-order valence-electron chi connectivity index (χ0n) is 23.7. The second kappa shape index (κ2) is 12.0. The van der Waals surface area contributed by atoms with Gasteiger partial charge in [0, 0.05) is 19.5 Å². The smallest absolute Gasteiger partial charge is 0.262 e. The van der Waals surface area contributed by atoms with Crippen molar-refractivity contribution in [3.63, 3.8) is 0 Å². The van der Waals surface area contributed by atoms with E-state index in [0.717, 1.165) is 28.6 Å². The summed E-state index contributed by atoms with van der Waals surface area (Å²) in [6, 6.07) is 7.94. The molecule has 2 heterocycles. The van der Waals surface area contributed by atoms with Crippen LogP contribution in [0, 0.1) is 25.6 Å². The van der Waals surface area contributed by atoms with E-state index in [9.17, 15) is 31.1 Å². The standard InChI is InChI=1S/C27H33FN4O8S2/c1-16-13-32(17(2)15-33)27(34)22-7-6-8-23(30-41(35,36)21-11-9-20(28)10-12-21)25(22)39-24(16)14-31(5)42(37,38)26-18(3)29-40-19(26)4/h6-12,16-17,24,30,33H,13-15H2,1-5H3/t16-,17+,24-/m0/s1. The van der Waals surface area contributed by atoms with E-state index in [1.54, 1.807) is 13.8 Å². The Balaban J connectivity index is 1.78. The summed E-state index contributed by atoms with van der Waals surface area (Å²) in [5, 5.41) is 13.6. The van der Waals surface area contributed by atoms with Crippen LogP contribution in [-0.4, -0.2) is 81.1 Å². The molecule has 0 saturated carbocycles. The van der Waals surface area contributed by atoms with Gasteiger partial charge in [-0.3, -0.25) is 9.52 Å². The first-order chi connectivity index (χ1) is 19.7. The highest BCUT2D eigenvalue weighted by molar-refractivity contribution is 7.92. The summed E-state index contributed by atoms with van der Waals surface area (Å²) in [4.78, 5) is 14.8. The molecule has 0 spiro atoms. The van der Waals surface area contributed by atoms with Crippen LogP contribution in [0.5, 0.6) is 5.75 Å². The fourth-order valence-electron chi connectivity index (χ4n) is 4.71. The van der Waals surface area contributed by atoms with Crippen molar-refractivity contribution in [3.8, 4) is 5.75 Å². The zero-order valence-corrected chi connectivity index (χ0v) is 25.4. The van der Waals surface area contributed by atoms with Crippen molar-refractivity contribution in [1.29, 1.82) is 0 Å². The molecule has 1 amide bonds. The number of nitrogens with one attached hydrogen (secondary N) is 1. The number of nitrogens with zero attached hydrogens (tertiary/aromatic N) is 3. The Bertz CT molecular complexity index is 1660. The van der Waals surface area contributed by atoms with Gasteiger partial charge in [0.25, 0.3) is 15.9 Å². The van der Waals surface area contributed by atoms with Gasteiger partial charge in [-0.05, 0) is 57.2 Å². The first-order valence-electron chi connectivity index (χ1n) is 13.1. The number of fused-ring (bicyclic) bond motifs is 1. The summed E-state index contributed by atoms with van der Waals surface area (Å²) in [5.74, 6) is -1.57. The molecule has 3 atom stereocenters. The van der Waals surface area contributed by atoms with Crippen LogP contribution in [0.2, 0.25) is 0 Å². The Labute approximate surface area is 244 Å². The van der Waals surface area contributed by atoms with Crippen molar-refractivity contribution >= 4 is 31.6 Å². The highest BCUT2D eigenvalue weighted by atomic mass is 32.2. The van der Waals surface area contributed by atoms with E-state index in [1.165, 1.54) is 44.0 Å². The lowest BCUT2D eigenvalue weighted by Crippen LogP contribution is -2.50. The Hall–Kier alpha value is -3.53. The number of aliphatic hydroxyl groups excluding tert-OH is 1. The minimum Gasteiger partial charge on any atom is -0.486 e. The van der Waals surface area contributed by atoms with Crippen LogP contribution in [0.1, 0.15) is 35.7 Å². The van der Waals surface area contributed by atoms with E-state index in [2.05, 4.69) is 9.88 Å². The monoisotopic (exact) mass is 624 g/mol. The van der Waals surface area contributed by atoms with E-state index in [-0.39, 0.29) is 57.9 Å². The van der Waals surface area contributed by atoms with Crippen molar-refractivity contribution in [2.24, 2.45) is 5.92 Å². The molecule has 0 bridgehead atoms. The minimum absolute atomic E-state index is 0.0164. The number of hydrogen-bond donors (Lipinski definition) is 2. The van der Waals surface area contributed by atoms with Gasteiger partial charge in [0.05, 0.1) is 35.3 Å². The number of ether oxygens (including phenoxy) is 1. The van der Waals surface area contributed by atoms with Gasteiger partial charge in [0.15, 0.2) is 11.5 Å². The number of carbonyl (C=O) groups is 1. The maximum absolute atomic E-state index is 13.7. The first kappa shape index (κ1) is 31.4. The lowest BCUT2D eigenvalue weighted by Gasteiger charge is -2.38. The van der Waals surface area contributed by atoms with Crippen molar-refractivity contribution in [2.75, 3.05) is 31.5 Å². The number of sulfonamides is 2. The zero-order chi connectivity index (χ0) is 31.0. The average molecular weight is 625 g/mol. The molecule has 1 aromatic heterocycles. The quantitative estimate of drug-likeness (QED) is 0.365. The number of hydrogen-bond acceptors (Lipinski definition) is 9. The first-order valence-corrected chi connectivity index (χ1v) is 16.0. The Morgan fingerprint density at radius 2 is 1.83 bits per heavy atom. The number of para-hydroxylation sites is 1. The number of aryl methyl sites for hydroxylation is 2. The molecule has 228 valence electrons. The number of aromatic nitrogens is 1. The van der Waals surface area contributed by atoms with Crippen LogP contribution in [-0.2, 0) is 20.0 Å². The molecule has 12 nitrogen and oxygen atoms in total. The van der Waals surface area contributed by atoms with E-state index in [1.807, 2.05) is 0 Å². The summed E-state index contributed by atoms with van der Waals surface area (Å²) in [7, 11) is -6.93. The van der Waals surface area contributed by atoms with Gasteiger partial charge in [-0.2, -0.15) is 4.31 Å². The molecule has 1 aliphatic rings. The van der Waals surface area contributed by atoms with Crippen LogP contribution in [0.25, 0.3) is 0 Å². The van der Waals surface area contributed by atoms with Gasteiger partial charge in [-0.25, -0.2) is 21.2 Å². The summed E-state index contributed by atoms with van der Waals surface area (Å²) in [6.07, 6.45) is -0.873. The molecule has 0 saturated heterocycles. The molecule has 0 radical (unpaired) electrons. The van der Waals surface area contributed by atoms with Gasteiger partial charge in [-0.1, -0.05) is 18.1 Å². The molecule has 3 aromatic rings. The van der Waals surface area contributed by atoms with Gasteiger partial charge >= 0.3 is 0 Å². The summed E-state index contributed by atoms with van der Waals surface area (Å²) < 4.78 is 81.6. The van der Waals surface area contributed by atoms with Gasteiger partial charge in [0.1, 0.15) is 22.5 Å². The van der Waals surface area contributed by atoms with E-state index in [0.29, 0.717) is 0 Å². The maximum Gasteiger partial charge on any atom is 0.262 e. The predicted octanol–water partition coefficient (Wildman–Crippen LogP) is 2.77. The summed E-state index contributed by atoms with van der Waals surface area (Å²) in [6.45, 7) is 6.04. The second-order valence-electron chi connectivity index (χ2n) is 10.3. The lowest BCUT2D eigenvalue weighted by atomic mass is 9.99. The van der Waals surface area contributed by atoms with Gasteiger partial charge in [-0.15, -0.1) is 0 Å². The number of rotatable bonds is 9. The summed E-state index contributed by atoms with van der Waals surface area (Å²) in [5.41, 5.74) is 0.141. The Morgan fingerprint density at radius 1 is 1.17 bits per heavy atom. The van der Waals surface area contributed by atoms with Gasteiger partial charge in [0.2, 0.25) is 10.0 Å².